The third-order valence-corrected chi connectivity index (χ3v) is 18.1. The number of amides is 1. The second kappa shape index (κ2) is 61.1. The molecule has 1 aliphatic heterocycles. The molecule has 9 unspecified atom stereocenters. The Morgan fingerprint density at radius 3 is 1.04 bits per heavy atom. The van der Waals surface area contributed by atoms with Gasteiger partial charge in [0.1, 0.15) is 36.6 Å². The summed E-state index contributed by atoms with van der Waals surface area (Å²) in [7, 11) is 0. The van der Waals surface area contributed by atoms with Gasteiger partial charge in [0.2, 0.25) is 5.91 Å². The van der Waals surface area contributed by atoms with Crippen LogP contribution in [0.4, 0.5) is 0 Å². The summed E-state index contributed by atoms with van der Waals surface area (Å²) in [5.41, 5.74) is 0. The number of aliphatic hydroxyl groups is 7. The SMILES string of the molecule is CCCCCCCCCCCCCCCCC/C=C/CCCC(O)C(O)C(COC1OC(CO)C(O)C(O)C1O)NC(=O)C(O)CCCCCCCCCCCCCCCCCCCCCCCCCCCCCCCCCCCCCC. The van der Waals surface area contributed by atoms with E-state index in [-0.39, 0.29) is 12.8 Å². The maximum absolute atomic E-state index is 13.2. The van der Waals surface area contributed by atoms with Crippen molar-refractivity contribution in [3.63, 3.8) is 0 Å². The monoisotopic (exact) mass is 1180 g/mol. The Morgan fingerprint density at radius 1 is 0.410 bits per heavy atom. The van der Waals surface area contributed by atoms with E-state index >= 15 is 0 Å². The summed E-state index contributed by atoms with van der Waals surface area (Å²) in [6.45, 7) is 3.50. The molecule has 0 spiro atoms. The summed E-state index contributed by atoms with van der Waals surface area (Å²) in [5, 5.41) is 76.5. The summed E-state index contributed by atoms with van der Waals surface area (Å²) in [5.74, 6) is -0.698. The number of unbranched alkanes of at least 4 members (excludes halogenated alkanes) is 51. The highest BCUT2D eigenvalue weighted by Crippen LogP contribution is 2.24. The van der Waals surface area contributed by atoms with Crippen LogP contribution in [0.2, 0.25) is 0 Å². The van der Waals surface area contributed by atoms with E-state index in [0.717, 1.165) is 38.5 Å². The molecule has 1 heterocycles. The van der Waals surface area contributed by atoms with E-state index in [1.54, 1.807) is 0 Å². The number of hydrogen-bond acceptors (Lipinski definition) is 10. The van der Waals surface area contributed by atoms with Gasteiger partial charge in [-0.25, -0.2) is 0 Å². The predicted molar refractivity (Wildman–Crippen MR) is 349 cm³/mol. The van der Waals surface area contributed by atoms with Gasteiger partial charge in [0.15, 0.2) is 6.29 Å². The average Bonchev–Trinajstić information content (AvgIpc) is 3.68. The van der Waals surface area contributed by atoms with Gasteiger partial charge in [0.05, 0.1) is 25.4 Å². The van der Waals surface area contributed by atoms with E-state index < -0.39 is 74.2 Å². The van der Waals surface area contributed by atoms with E-state index in [1.807, 2.05) is 0 Å². The molecule has 1 aliphatic rings. The van der Waals surface area contributed by atoms with Crippen LogP contribution in [-0.2, 0) is 14.3 Å². The molecule has 83 heavy (non-hydrogen) atoms. The van der Waals surface area contributed by atoms with Gasteiger partial charge in [0.25, 0.3) is 0 Å². The fourth-order valence-corrected chi connectivity index (χ4v) is 12.2. The Bertz CT molecular complexity index is 1350. The van der Waals surface area contributed by atoms with E-state index in [9.17, 15) is 40.5 Å². The van der Waals surface area contributed by atoms with E-state index in [4.69, 9.17) is 9.47 Å². The predicted octanol–water partition coefficient (Wildman–Crippen LogP) is 17.8. The molecule has 494 valence electrons. The molecule has 0 radical (unpaired) electrons. The average molecular weight is 1180 g/mol. The number of rotatable bonds is 65. The van der Waals surface area contributed by atoms with Gasteiger partial charge >= 0.3 is 0 Å². The summed E-state index contributed by atoms with van der Waals surface area (Å²) < 4.78 is 11.2. The molecule has 0 saturated carbocycles. The molecule has 1 rings (SSSR count). The quantitative estimate of drug-likeness (QED) is 0.0215. The minimum Gasteiger partial charge on any atom is -0.394 e. The van der Waals surface area contributed by atoms with Crippen molar-refractivity contribution >= 4 is 5.91 Å². The Hall–Kier alpha value is -1.15. The van der Waals surface area contributed by atoms with Crippen molar-refractivity contribution in [1.29, 1.82) is 0 Å². The summed E-state index contributed by atoms with van der Waals surface area (Å²) in [4.78, 5) is 13.2. The molecule has 0 aromatic rings. The molecule has 1 saturated heterocycles. The van der Waals surface area contributed by atoms with Crippen molar-refractivity contribution in [2.24, 2.45) is 0 Å². The van der Waals surface area contributed by atoms with Crippen LogP contribution in [0.5, 0.6) is 0 Å². The van der Waals surface area contributed by atoms with Crippen LogP contribution in [0, 0.1) is 0 Å². The molecule has 0 aromatic heterocycles. The van der Waals surface area contributed by atoms with Gasteiger partial charge in [-0.2, -0.15) is 0 Å². The third kappa shape index (κ3) is 48.5. The van der Waals surface area contributed by atoms with E-state index in [0.29, 0.717) is 12.8 Å². The van der Waals surface area contributed by atoms with Crippen LogP contribution in [0.1, 0.15) is 373 Å². The Morgan fingerprint density at radius 2 is 0.711 bits per heavy atom. The summed E-state index contributed by atoms with van der Waals surface area (Å²) in [6.07, 6.45) is 64.7. The number of nitrogens with one attached hydrogen (secondary N) is 1. The minimum absolute atomic E-state index is 0.260. The first-order valence-corrected chi connectivity index (χ1v) is 36.6. The minimum atomic E-state index is -1.67. The number of aliphatic hydroxyl groups excluding tert-OH is 7. The first kappa shape index (κ1) is 79.9. The Balaban J connectivity index is 2.13. The van der Waals surface area contributed by atoms with Crippen molar-refractivity contribution in [2.75, 3.05) is 13.2 Å². The van der Waals surface area contributed by atoms with Crippen LogP contribution >= 0.6 is 0 Å². The van der Waals surface area contributed by atoms with Crippen LogP contribution in [-0.4, -0.2) is 110 Å². The fraction of sp³-hybridized carbons (Fsp3) is 0.958. The zero-order valence-electron chi connectivity index (χ0n) is 54.7. The zero-order valence-corrected chi connectivity index (χ0v) is 54.7. The highest BCUT2D eigenvalue weighted by molar-refractivity contribution is 5.80. The molecule has 1 amide bonds. The highest BCUT2D eigenvalue weighted by atomic mass is 16.7. The molecule has 0 bridgehead atoms. The first-order valence-electron chi connectivity index (χ1n) is 36.6. The lowest BCUT2D eigenvalue weighted by atomic mass is 9.98. The molecular formula is C72H141NO10. The molecule has 0 aliphatic carbocycles. The largest absolute Gasteiger partial charge is 0.394 e. The van der Waals surface area contributed by atoms with Crippen LogP contribution in [0.25, 0.3) is 0 Å². The van der Waals surface area contributed by atoms with Gasteiger partial charge in [-0.05, 0) is 38.5 Å². The standard InChI is InChI=1S/C72H141NO10/c1-3-5-7-9-11-13-15-17-19-21-23-25-26-27-28-29-30-31-32-33-34-35-36-37-38-39-40-42-44-46-48-50-52-54-56-58-60-65(76)71(81)73-63(62-82-72-70(80)69(79)68(78)66(61-74)83-72)67(77)64(75)59-57-55-53-51-49-47-45-43-41-24-22-20-18-16-14-12-10-8-6-4-2/h51,53,63-70,72,74-80H,3-50,52,54-62H2,1-2H3,(H,73,81)/b53-51+. The third-order valence-electron chi connectivity index (χ3n) is 18.1. The van der Waals surface area contributed by atoms with Crippen molar-refractivity contribution in [2.45, 2.75) is 428 Å². The lowest BCUT2D eigenvalue weighted by Crippen LogP contribution is -2.60. The Kier molecular flexibility index (Phi) is 58.8. The zero-order chi connectivity index (χ0) is 60.3. The van der Waals surface area contributed by atoms with Gasteiger partial charge < -0.3 is 50.5 Å². The van der Waals surface area contributed by atoms with Gasteiger partial charge in [-0.1, -0.05) is 347 Å². The summed E-state index contributed by atoms with van der Waals surface area (Å²) in [6, 6.07) is -1.18. The highest BCUT2D eigenvalue weighted by Gasteiger charge is 2.44. The first-order chi connectivity index (χ1) is 40.7. The van der Waals surface area contributed by atoms with Crippen molar-refractivity contribution < 1.29 is 50.0 Å². The lowest BCUT2D eigenvalue weighted by Gasteiger charge is -2.40. The van der Waals surface area contributed by atoms with Crippen molar-refractivity contribution in [3.05, 3.63) is 12.2 Å². The van der Waals surface area contributed by atoms with Crippen LogP contribution in [0.15, 0.2) is 12.2 Å². The molecule has 1 fully saturated rings. The van der Waals surface area contributed by atoms with Crippen LogP contribution < -0.4 is 5.32 Å². The second-order valence-electron chi connectivity index (χ2n) is 26.0. The van der Waals surface area contributed by atoms with Gasteiger partial charge in [0, 0.05) is 0 Å². The summed E-state index contributed by atoms with van der Waals surface area (Å²) >= 11 is 0. The smallest absolute Gasteiger partial charge is 0.249 e. The molecule has 0 aromatic carbocycles. The maximum Gasteiger partial charge on any atom is 0.249 e. The number of carbonyl (C=O) groups excluding carboxylic acids is 1. The topological polar surface area (TPSA) is 189 Å². The second-order valence-corrected chi connectivity index (χ2v) is 26.0. The normalized spacial score (nSPS) is 19.0. The molecular weight excluding hydrogens is 1040 g/mol. The number of hydrogen-bond donors (Lipinski definition) is 8. The molecule has 11 heteroatoms. The van der Waals surface area contributed by atoms with E-state index in [2.05, 4.69) is 31.3 Å². The lowest BCUT2D eigenvalue weighted by molar-refractivity contribution is -0.303. The molecule has 8 N–H and O–H groups in total. The maximum atomic E-state index is 13.2. The van der Waals surface area contributed by atoms with E-state index in [1.165, 1.54) is 295 Å². The molecule has 9 atom stereocenters. The molecule has 11 nitrogen and oxygen atoms in total. The van der Waals surface area contributed by atoms with Crippen LogP contribution in [0.3, 0.4) is 0 Å². The number of carbonyl (C=O) groups is 1. The van der Waals surface area contributed by atoms with Gasteiger partial charge in [-0.3, -0.25) is 4.79 Å². The van der Waals surface area contributed by atoms with Crippen molar-refractivity contribution in [3.8, 4) is 0 Å². The number of ether oxygens (including phenoxy) is 2. The number of allylic oxidation sites excluding steroid dienone is 2. The van der Waals surface area contributed by atoms with Gasteiger partial charge in [-0.15, -0.1) is 0 Å². The van der Waals surface area contributed by atoms with Crippen molar-refractivity contribution in [1.82, 2.24) is 5.32 Å². The fourth-order valence-electron chi connectivity index (χ4n) is 12.2. The Labute approximate surface area is 512 Å².